The molecule has 0 atom stereocenters. The van der Waals surface area contributed by atoms with Gasteiger partial charge in [-0.3, -0.25) is 9.36 Å². The number of rotatable bonds is 4. The van der Waals surface area contributed by atoms with Gasteiger partial charge in [0.2, 0.25) is 0 Å². The molecule has 5 heteroatoms. The molecular weight excluding hydrogens is 266 g/mol. The van der Waals surface area contributed by atoms with Crippen molar-refractivity contribution < 1.29 is 9.53 Å². The number of hydrogen-bond donors (Lipinski definition) is 0. The van der Waals surface area contributed by atoms with Crippen LogP contribution in [0, 0.1) is 3.95 Å². The number of benzene rings is 1. The minimum Gasteiger partial charge on any atom is -0.466 e. The van der Waals surface area contributed by atoms with E-state index in [1.165, 1.54) is 11.3 Å². The van der Waals surface area contributed by atoms with Crippen molar-refractivity contribution in [1.82, 2.24) is 4.57 Å². The number of para-hydroxylation sites is 1. The van der Waals surface area contributed by atoms with E-state index < -0.39 is 0 Å². The Hall–Kier alpha value is -1.46. The number of carbonyl (C=O) groups is 1. The van der Waals surface area contributed by atoms with Crippen LogP contribution in [-0.2, 0) is 16.0 Å². The summed E-state index contributed by atoms with van der Waals surface area (Å²) in [6.45, 7) is 2.20. The molecule has 1 heterocycles. The number of ether oxygens (including phenoxy) is 1. The van der Waals surface area contributed by atoms with Crippen LogP contribution in [0.25, 0.3) is 5.69 Å². The van der Waals surface area contributed by atoms with Gasteiger partial charge in [0.25, 0.3) is 0 Å². The van der Waals surface area contributed by atoms with Gasteiger partial charge >= 0.3 is 5.97 Å². The molecule has 0 N–H and O–H groups in total. The van der Waals surface area contributed by atoms with Gasteiger partial charge in [0.05, 0.1) is 13.0 Å². The van der Waals surface area contributed by atoms with Crippen molar-refractivity contribution in [2.24, 2.45) is 0 Å². The molecule has 2 aromatic rings. The Morgan fingerprint density at radius 1 is 1.39 bits per heavy atom. The number of nitrogens with zero attached hydrogens (tertiary/aromatic N) is 1. The Labute approximate surface area is 115 Å². The molecule has 0 amide bonds. The highest BCUT2D eigenvalue weighted by atomic mass is 32.1. The summed E-state index contributed by atoms with van der Waals surface area (Å²) in [5.41, 5.74) is 1.85. The van der Waals surface area contributed by atoms with Gasteiger partial charge < -0.3 is 4.74 Å². The third-order valence-corrected chi connectivity index (χ3v) is 3.66. The van der Waals surface area contributed by atoms with Gasteiger partial charge in [0, 0.05) is 16.8 Å². The SMILES string of the molecule is CCOC(=O)Cc1csc(=S)n1-c1ccccc1. The third-order valence-electron chi connectivity index (χ3n) is 2.41. The third kappa shape index (κ3) is 2.86. The second-order valence-corrected chi connectivity index (χ2v) is 5.15. The molecule has 0 unspecified atom stereocenters. The molecule has 0 bridgehead atoms. The number of aromatic nitrogens is 1. The van der Waals surface area contributed by atoms with Gasteiger partial charge in [0.15, 0.2) is 3.95 Å². The summed E-state index contributed by atoms with van der Waals surface area (Å²) in [6.07, 6.45) is 0.246. The fraction of sp³-hybridized carbons (Fsp3) is 0.231. The fourth-order valence-electron chi connectivity index (χ4n) is 1.67. The minimum atomic E-state index is -0.227. The number of esters is 1. The summed E-state index contributed by atoms with van der Waals surface area (Å²) >= 11 is 6.76. The molecule has 0 saturated heterocycles. The number of thiazole rings is 1. The lowest BCUT2D eigenvalue weighted by Gasteiger charge is -2.08. The van der Waals surface area contributed by atoms with Crippen molar-refractivity contribution >= 4 is 29.5 Å². The standard InChI is InChI=1S/C13H13NO2S2/c1-2-16-12(15)8-11-9-18-13(17)14(11)10-6-4-3-5-7-10/h3-7,9H,2,8H2,1H3. The van der Waals surface area contributed by atoms with Gasteiger partial charge in [-0.05, 0) is 31.3 Å². The predicted octanol–water partition coefficient (Wildman–Crippen LogP) is 3.37. The molecule has 94 valence electrons. The average molecular weight is 279 g/mol. The van der Waals surface area contributed by atoms with Crippen molar-refractivity contribution in [3.63, 3.8) is 0 Å². The maximum absolute atomic E-state index is 11.5. The maximum atomic E-state index is 11.5. The van der Waals surface area contributed by atoms with Crippen LogP contribution in [0.4, 0.5) is 0 Å². The van der Waals surface area contributed by atoms with Crippen LogP contribution in [0.5, 0.6) is 0 Å². The summed E-state index contributed by atoms with van der Waals surface area (Å²) in [4.78, 5) is 11.5. The normalized spacial score (nSPS) is 10.3. The lowest BCUT2D eigenvalue weighted by Crippen LogP contribution is -2.11. The van der Waals surface area contributed by atoms with E-state index in [0.29, 0.717) is 6.61 Å². The number of carbonyl (C=O) groups excluding carboxylic acids is 1. The van der Waals surface area contributed by atoms with Crippen molar-refractivity contribution in [3.05, 3.63) is 45.4 Å². The van der Waals surface area contributed by atoms with Gasteiger partial charge in [-0.15, -0.1) is 11.3 Å². The molecule has 0 aliphatic carbocycles. The monoisotopic (exact) mass is 279 g/mol. The van der Waals surface area contributed by atoms with Gasteiger partial charge in [-0.2, -0.15) is 0 Å². The molecule has 2 rings (SSSR count). The van der Waals surface area contributed by atoms with Crippen LogP contribution in [0.1, 0.15) is 12.6 Å². The van der Waals surface area contributed by atoms with Crippen molar-refractivity contribution in [1.29, 1.82) is 0 Å². The van der Waals surface area contributed by atoms with Crippen molar-refractivity contribution in [3.8, 4) is 5.69 Å². The molecule has 1 aromatic carbocycles. The highest BCUT2D eigenvalue weighted by Gasteiger charge is 2.11. The minimum absolute atomic E-state index is 0.227. The summed E-state index contributed by atoms with van der Waals surface area (Å²) in [6, 6.07) is 9.78. The fourth-order valence-corrected chi connectivity index (χ4v) is 2.79. The lowest BCUT2D eigenvalue weighted by atomic mass is 10.3. The summed E-state index contributed by atoms with van der Waals surface area (Å²) in [5.74, 6) is -0.227. The van der Waals surface area contributed by atoms with E-state index in [4.69, 9.17) is 17.0 Å². The molecule has 1 aromatic heterocycles. The van der Waals surface area contributed by atoms with Crippen molar-refractivity contribution in [2.45, 2.75) is 13.3 Å². The molecule has 0 aliphatic heterocycles. The summed E-state index contributed by atoms with van der Waals surface area (Å²) < 4.78 is 7.61. The first-order valence-electron chi connectivity index (χ1n) is 5.63. The van der Waals surface area contributed by atoms with E-state index >= 15 is 0 Å². The van der Waals surface area contributed by atoms with E-state index in [9.17, 15) is 4.79 Å². The molecule has 0 radical (unpaired) electrons. The van der Waals surface area contributed by atoms with Gasteiger partial charge in [-0.25, -0.2) is 0 Å². The van der Waals surface area contributed by atoms with Crippen LogP contribution in [0.15, 0.2) is 35.7 Å². The quantitative estimate of drug-likeness (QED) is 0.635. The molecule has 0 aliphatic rings. The molecular formula is C13H13NO2S2. The zero-order valence-corrected chi connectivity index (χ0v) is 11.6. The van der Waals surface area contributed by atoms with E-state index in [0.717, 1.165) is 15.3 Å². The molecule has 0 saturated carbocycles. The topological polar surface area (TPSA) is 31.2 Å². The largest absolute Gasteiger partial charge is 0.466 e. The van der Waals surface area contributed by atoms with Crippen LogP contribution in [0.2, 0.25) is 0 Å². The first-order valence-corrected chi connectivity index (χ1v) is 6.91. The van der Waals surface area contributed by atoms with Crippen LogP contribution in [0.3, 0.4) is 0 Å². The predicted molar refractivity (Wildman–Crippen MR) is 74.8 cm³/mol. The Kier molecular flexibility index (Phi) is 4.28. The van der Waals surface area contributed by atoms with Crippen LogP contribution >= 0.6 is 23.6 Å². The van der Waals surface area contributed by atoms with E-state index in [-0.39, 0.29) is 12.4 Å². The van der Waals surface area contributed by atoms with Crippen LogP contribution < -0.4 is 0 Å². The Bertz CT molecular complexity index is 587. The van der Waals surface area contributed by atoms with Gasteiger partial charge in [0.1, 0.15) is 0 Å². The first kappa shape index (κ1) is 13.0. The van der Waals surface area contributed by atoms with E-state index in [2.05, 4.69) is 0 Å². The average Bonchev–Trinajstić information content (AvgIpc) is 2.72. The highest BCUT2D eigenvalue weighted by Crippen LogP contribution is 2.18. The number of hydrogen-bond acceptors (Lipinski definition) is 4. The second-order valence-electron chi connectivity index (χ2n) is 3.65. The zero-order chi connectivity index (χ0) is 13.0. The molecule has 0 fully saturated rings. The maximum Gasteiger partial charge on any atom is 0.311 e. The molecule has 3 nitrogen and oxygen atoms in total. The summed E-state index contributed by atoms with van der Waals surface area (Å²) in [5, 5.41) is 1.91. The van der Waals surface area contributed by atoms with Crippen molar-refractivity contribution in [2.75, 3.05) is 6.61 Å². The summed E-state index contributed by atoms with van der Waals surface area (Å²) in [7, 11) is 0. The Morgan fingerprint density at radius 3 is 2.78 bits per heavy atom. The Morgan fingerprint density at radius 2 is 2.11 bits per heavy atom. The van der Waals surface area contributed by atoms with Gasteiger partial charge in [-0.1, -0.05) is 18.2 Å². The highest BCUT2D eigenvalue weighted by molar-refractivity contribution is 7.73. The van der Waals surface area contributed by atoms with E-state index in [1.807, 2.05) is 40.3 Å². The first-order chi connectivity index (χ1) is 8.72. The van der Waals surface area contributed by atoms with Crippen LogP contribution in [-0.4, -0.2) is 17.1 Å². The molecule has 0 spiro atoms. The smallest absolute Gasteiger partial charge is 0.311 e. The second kappa shape index (κ2) is 5.93. The lowest BCUT2D eigenvalue weighted by molar-refractivity contribution is -0.142. The zero-order valence-electron chi connectivity index (χ0n) is 9.96. The van der Waals surface area contributed by atoms with E-state index in [1.54, 1.807) is 6.92 Å². The Balaban J connectivity index is 2.34. The molecule has 18 heavy (non-hydrogen) atoms.